The van der Waals surface area contributed by atoms with Gasteiger partial charge in [0.1, 0.15) is 11.5 Å². The molecule has 0 amide bonds. The first-order valence-corrected chi connectivity index (χ1v) is 7.01. The fourth-order valence-corrected chi connectivity index (χ4v) is 2.79. The highest BCUT2D eigenvalue weighted by atomic mass is 16.1. The summed E-state index contributed by atoms with van der Waals surface area (Å²) in [6.07, 6.45) is 1.75. The molecular weight excluding hydrogens is 252 g/mol. The highest BCUT2D eigenvalue weighted by molar-refractivity contribution is 5.48. The zero-order valence-electron chi connectivity index (χ0n) is 12.2. The van der Waals surface area contributed by atoms with Crippen LogP contribution in [-0.2, 0) is 0 Å². The number of fused-ring (bicyclic) bond motifs is 1. The van der Waals surface area contributed by atoms with Crippen molar-refractivity contribution in [3.05, 3.63) is 40.8 Å². The number of nitrogens with zero attached hydrogens (tertiary/aromatic N) is 4. The molecule has 0 saturated carbocycles. The van der Waals surface area contributed by atoms with Gasteiger partial charge in [0, 0.05) is 37.4 Å². The van der Waals surface area contributed by atoms with Gasteiger partial charge in [-0.15, -0.1) is 0 Å². The van der Waals surface area contributed by atoms with E-state index in [0.717, 1.165) is 18.9 Å². The van der Waals surface area contributed by atoms with Crippen LogP contribution in [0, 0.1) is 0 Å². The minimum absolute atomic E-state index is 0.0233. The van der Waals surface area contributed by atoms with E-state index in [1.54, 1.807) is 16.7 Å². The van der Waals surface area contributed by atoms with Crippen LogP contribution in [0.3, 0.4) is 0 Å². The van der Waals surface area contributed by atoms with Crippen molar-refractivity contribution in [3.8, 4) is 0 Å². The molecular formula is C15H20N4O. The van der Waals surface area contributed by atoms with Crippen LogP contribution < -0.4 is 10.5 Å². The topological polar surface area (TPSA) is 40.9 Å². The molecule has 106 valence electrons. The Labute approximate surface area is 118 Å². The van der Waals surface area contributed by atoms with Crippen LogP contribution in [0.25, 0.3) is 5.65 Å². The van der Waals surface area contributed by atoms with Gasteiger partial charge in [0.15, 0.2) is 0 Å². The fourth-order valence-electron chi connectivity index (χ4n) is 2.79. The van der Waals surface area contributed by atoms with E-state index in [0.29, 0.717) is 17.7 Å². The molecule has 3 rings (SSSR count). The van der Waals surface area contributed by atoms with Crippen molar-refractivity contribution < 1.29 is 0 Å². The minimum Gasteiger partial charge on any atom is -0.353 e. The second-order valence-electron chi connectivity index (χ2n) is 5.65. The standard InChI is InChI=1S/C15H20N4O/c1-11-9-18(10-12(2)17(11)3)14-8-15(20)19-7-5-4-6-13(19)16-14/h4-8,11-12H,9-10H2,1-3H3/t11-,12+. The van der Waals surface area contributed by atoms with Crippen molar-refractivity contribution in [1.82, 2.24) is 14.3 Å². The number of rotatable bonds is 1. The summed E-state index contributed by atoms with van der Waals surface area (Å²) in [6.45, 7) is 6.21. The van der Waals surface area contributed by atoms with Gasteiger partial charge in [0.05, 0.1) is 0 Å². The molecule has 0 aromatic carbocycles. The summed E-state index contributed by atoms with van der Waals surface area (Å²) in [5.41, 5.74) is 0.680. The van der Waals surface area contributed by atoms with Crippen molar-refractivity contribution >= 4 is 11.5 Å². The molecule has 20 heavy (non-hydrogen) atoms. The largest absolute Gasteiger partial charge is 0.353 e. The number of piperazine rings is 1. The Kier molecular flexibility index (Phi) is 3.22. The number of aromatic nitrogens is 2. The number of hydrogen-bond donors (Lipinski definition) is 0. The zero-order valence-corrected chi connectivity index (χ0v) is 12.2. The van der Waals surface area contributed by atoms with Crippen molar-refractivity contribution in [2.75, 3.05) is 25.0 Å². The first-order valence-electron chi connectivity index (χ1n) is 7.01. The van der Waals surface area contributed by atoms with Gasteiger partial charge in [-0.05, 0) is 33.0 Å². The van der Waals surface area contributed by atoms with Crippen LogP contribution >= 0.6 is 0 Å². The Balaban J connectivity index is 2.00. The van der Waals surface area contributed by atoms with Gasteiger partial charge in [-0.1, -0.05) is 6.07 Å². The van der Waals surface area contributed by atoms with Gasteiger partial charge < -0.3 is 4.90 Å². The van der Waals surface area contributed by atoms with E-state index >= 15 is 0 Å². The Morgan fingerprint density at radius 1 is 1.20 bits per heavy atom. The molecule has 0 aliphatic carbocycles. The molecule has 1 aliphatic heterocycles. The third-order valence-electron chi connectivity index (χ3n) is 4.24. The van der Waals surface area contributed by atoms with E-state index in [9.17, 15) is 4.79 Å². The Hall–Kier alpha value is -1.88. The molecule has 2 atom stereocenters. The molecule has 1 fully saturated rings. The highest BCUT2D eigenvalue weighted by Gasteiger charge is 2.27. The van der Waals surface area contributed by atoms with Gasteiger partial charge >= 0.3 is 0 Å². The van der Waals surface area contributed by atoms with Crippen LogP contribution in [0.4, 0.5) is 5.82 Å². The molecule has 0 N–H and O–H groups in total. The third-order valence-corrected chi connectivity index (χ3v) is 4.24. The molecule has 0 unspecified atom stereocenters. The molecule has 0 bridgehead atoms. The van der Waals surface area contributed by atoms with Gasteiger partial charge in [0.25, 0.3) is 5.56 Å². The molecule has 0 radical (unpaired) electrons. The van der Waals surface area contributed by atoms with Crippen molar-refractivity contribution in [2.45, 2.75) is 25.9 Å². The normalized spacial score (nSPS) is 24.2. The maximum absolute atomic E-state index is 12.2. The van der Waals surface area contributed by atoms with E-state index in [-0.39, 0.29) is 5.56 Å². The van der Waals surface area contributed by atoms with Crippen LogP contribution in [0.15, 0.2) is 35.3 Å². The fraction of sp³-hybridized carbons (Fsp3) is 0.467. The summed E-state index contributed by atoms with van der Waals surface area (Å²) >= 11 is 0. The predicted molar refractivity (Wildman–Crippen MR) is 80.4 cm³/mol. The van der Waals surface area contributed by atoms with Crippen LogP contribution in [0.5, 0.6) is 0 Å². The van der Waals surface area contributed by atoms with Crippen molar-refractivity contribution in [1.29, 1.82) is 0 Å². The zero-order chi connectivity index (χ0) is 14.3. The number of hydrogen-bond acceptors (Lipinski definition) is 4. The van der Waals surface area contributed by atoms with E-state index in [1.807, 2.05) is 18.2 Å². The summed E-state index contributed by atoms with van der Waals surface area (Å²) in [7, 11) is 2.15. The van der Waals surface area contributed by atoms with Crippen molar-refractivity contribution in [2.24, 2.45) is 0 Å². The summed E-state index contributed by atoms with van der Waals surface area (Å²) in [4.78, 5) is 21.4. The first kappa shape index (κ1) is 13.1. The number of likely N-dealkylation sites (N-methyl/N-ethyl adjacent to an activating group) is 1. The second kappa shape index (κ2) is 4.90. The minimum atomic E-state index is -0.0233. The van der Waals surface area contributed by atoms with Crippen LogP contribution in [0.2, 0.25) is 0 Å². The molecule has 1 saturated heterocycles. The molecule has 2 aromatic rings. The Bertz CT molecular complexity index is 669. The monoisotopic (exact) mass is 272 g/mol. The highest BCUT2D eigenvalue weighted by Crippen LogP contribution is 2.19. The Morgan fingerprint density at radius 3 is 2.60 bits per heavy atom. The maximum Gasteiger partial charge on any atom is 0.259 e. The second-order valence-corrected chi connectivity index (χ2v) is 5.65. The van der Waals surface area contributed by atoms with Crippen molar-refractivity contribution in [3.63, 3.8) is 0 Å². The van der Waals surface area contributed by atoms with Gasteiger partial charge in [-0.25, -0.2) is 4.98 Å². The lowest BCUT2D eigenvalue weighted by molar-refractivity contribution is 0.169. The average Bonchev–Trinajstić information content (AvgIpc) is 2.44. The SMILES string of the molecule is C[C@@H]1CN(c2cc(=O)n3ccccc3n2)C[C@H](C)N1C. The van der Waals surface area contributed by atoms with E-state index in [2.05, 4.69) is 35.7 Å². The number of pyridine rings is 1. The summed E-state index contributed by atoms with van der Waals surface area (Å²) in [5, 5.41) is 0. The first-order chi connectivity index (χ1) is 9.56. The number of anilines is 1. The van der Waals surface area contributed by atoms with E-state index in [4.69, 9.17) is 0 Å². The molecule has 5 nitrogen and oxygen atoms in total. The predicted octanol–water partition coefficient (Wildman–Crippen LogP) is 1.22. The van der Waals surface area contributed by atoms with Crippen LogP contribution in [-0.4, -0.2) is 46.5 Å². The molecule has 3 heterocycles. The van der Waals surface area contributed by atoms with Crippen LogP contribution in [0.1, 0.15) is 13.8 Å². The summed E-state index contributed by atoms with van der Waals surface area (Å²) < 4.78 is 1.58. The quantitative estimate of drug-likeness (QED) is 0.783. The molecule has 1 aliphatic rings. The lowest BCUT2D eigenvalue weighted by atomic mass is 10.1. The van der Waals surface area contributed by atoms with E-state index in [1.165, 1.54) is 0 Å². The third kappa shape index (κ3) is 2.18. The summed E-state index contributed by atoms with van der Waals surface area (Å²) in [6, 6.07) is 8.16. The maximum atomic E-state index is 12.2. The molecule has 2 aromatic heterocycles. The van der Waals surface area contributed by atoms with Gasteiger partial charge in [-0.3, -0.25) is 14.1 Å². The van der Waals surface area contributed by atoms with Gasteiger partial charge in [0.2, 0.25) is 0 Å². The lowest BCUT2D eigenvalue weighted by Crippen LogP contribution is -2.55. The lowest BCUT2D eigenvalue weighted by Gasteiger charge is -2.42. The average molecular weight is 272 g/mol. The summed E-state index contributed by atoms with van der Waals surface area (Å²) in [5.74, 6) is 0.785. The van der Waals surface area contributed by atoms with Gasteiger partial charge in [-0.2, -0.15) is 0 Å². The molecule has 5 heteroatoms. The van der Waals surface area contributed by atoms with E-state index < -0.39 is 0 Å². The smallest absolute Gasteiger partial charge is 0.259 e. The Morgan fingerprint density at radius 2 is 1.90 bits per heavy atom. The molecule has 0 spiro atoms.